The second-order valence-corrected chi connectivity index (χ2v) is 8.63. The Morgan fingerprint density at radius 1 is 1.24 bits per heavy atom. The first-order valence-corrected chi connectivity index (χ1v) is 10.8. The van der Waals surface area contributed by atoms with Crippen LogP contribution in [0, 0.1) is 11.7 Å². The van der Waals surface area contributed by atoms with Gasteiger partial charge in [-0.1, -0.05) is 26.0 Å². The predicted molar refractivity (Wildman–Crippen MR) is 108 cm³/mol. The third-order valence-electron chi connectivity index (χ3n) is 6.07. The largest absolute Gasteiger partial charge is 0.376 e. The highest BCUT2D eigenvalue weighted by Gasteiger charge is 2.34. The number of halogens is 1. The van der Waals surface area contributed by atoms with Crippen LogP contribution in [-0.4, -0.2) is 59.1 Å². The number of aromatic nitrogens is 4. The molecule has 2 aliphatic rings. The molecule has 0 bridgehead atoms. The van der Waals surface area contributed by atoms with Gasteiger partial charge < -0.3 is 14.5 Å². The van der Waals surface area contributed by atoms with E-state index in [0.29, 0.717) is 11.6 Å². The van der Waals surface area contributed by atoms with Crippen molar-refractivity contribution in [3.63, 3.8) is 0 Å². The zero-order valence-corrected chi connectivity index (χ0v) is 17.4. The number of hydrogen-bond acceptors (Lipinski definition) is 5. The van der Waals surface area contributed by atoms with E-state index in [4.69, 9.17) is 4.74 Å². The minimum absolute atomic E-state index is 0.143. The van der Waals surface area contributed by atoms with Gasteiger partial charge in [-0.2, -0.15) is 0 Å². The molecule has 1 aromatic carbocycles. The summed E-state index contributed by atoms with van der Waals surface area (Å²) in [7, 11) is 0. The van der Waals surface area contributed by atoms with Crippen LogP contribution in [0.15, 0.2) is 24.3 Å². The van der Waals surface area contributed by atoms with Gasteiger partial charge in [-0.15, -0.1) is 5.10 Å². The molecule has 2 aromatic rings. The fourth-order valence-corrected chi connectivity index (χ4v) is 4.59. The molecule has 8 heteroatoms. The number of quaternary nitrogens is 1. The van der Waals surface area contributed by atoms with Gasteiger partial charge >= 0.3 is 0 Å². The fraction of sp³-hybridized carbons (Fsp3) is 0.667. The lowest BCUT2D eigenvalue weighted by Crippen LogP contribution is -3.15. The first-order valence-electron chi connectivity index (χ1n) is 10.8. The van der Waals surface area contributed by atoms with E-state index >= 15 is 0 Å². The van der Waals surface area contributed by atoms with Crippen LogP contribution in [0.2, 0.25) is 0 Å². The van der Waals surface area contributed by atoms with E-state index in [2.05, 4.69) is 34.3 Å². The van der Waals surface area contributed by atoms with E-state index in [9.17, 15) is 4.39 Å². The second-order valence-electron chi connectivity index (χ2n) is 8.63. The van der Waals surface area contributed by atoms with Gasteiger partial charge in [0.15, 0.2) is 0 Å². The van der Waals surface area contributed by atoms with Crippen molar-refractivity contribution in [2.24, 2.45) is 5.92 Å². The van der Waals surface area contributed by atoms with E-state index < -0.39 is 0 Å². The number of rotatable bonds is 7. The van der Waals surface area contributed by atoms with Gasteiger partial charge in [-0.05, 0) is 41.3 Å². The molecule has 1 N–H and O–H groups in total. The smallest absolute Gasteiger partial charge is 0.209 e. The van der Waals surface area contributed by atoms with Gasteiger partial charge in [0.05, 0.1) is 44.5 Å². The highest BCUT2D eigenvalue weighted by atomic mass is 19.1. The number of piperazine rings is 1. The van der Waals surface area contributed by atoms with E-state index in [1.165, 1.54) is 11.0 Å². The van der Waals surface area contributed by atoms with Crippen LogP contribution in [0.25, 0.3) is 0 Å². The minimum atomic E-state index is -0.143. The summed E-state index contributed by atoms with van der Waals surface area (Å²) in [6.45, 7) is 9.60. The molecule has 0 unspecified atom stereocenters. The summed E-state index contributed by atoms with van der Waals surface area (Å²) >= 11 is 0. The van der Waals surface area contributed by atoms with Gasteiger partial charge in [0.1, 0.15) is 11.9 Å². The molecular weight excluding hydrogens is 371 g/mol. The van der Waals surface area contributed by atoms with Crippen LogP contribution < -0.4 is 9.80 Å². The van der Waals surface area contributed by atoms with Gasteiger partial charge in [0.2, 0.25) is 5.82 Å². The topological polar surface area (TPSA) is 60.5 Å². The summed E-state index contributed by atoms with van der Waals surface area (Å²) in [4.78, 5) is 3.63. The predicted octanol–water partition coefficient (Wildman–Crippen LogP) is 1.48. The van der Waals surface area contributed by atoms with Crippen molar-refractivity contribution in [3.05, 3.63) is 35.9 Å². The Balaban J connectivity index is 1.47. The number of para-hydroxylation sites is 1. The average Bonchev–Trinajstić information content (AvgIpc) is 3.39. The Labute approximate surface area is 171 Å². The van der Waals surface area contributed by atoms with E-state index in [0.717, 1.165) is 64.4 Å². The molecule has 0 radical (unpaired) electrons. The lowest BCUT2D eigenvalue weighted by Gasteiger charge is -2.37. The monoisotopic (exact) mass is 403 g/mol. The van der Waals surface area contributed by atoms with E-state index in [1.807, 2.05) is 16.8 Å². The van der Waals surface area contributed by atoms with Crippen molar-refractivity contribution in [2.75, 3.05) is 37.7 Å². The molecule has 1 aromatic heterocycles. The Bertz CT molecular complexity index is 783. The molecule has 4 rings (SSSR count). The standard InChI is InChI=1S/C21H31FN6O/c1-16(2)14-20(21-23-24-25-28(21)15-17-6-5-13-29-17)27-11-9-26(10-12-27)19-8-4-3-7-18(19)22/h3-4,7-8,16-17,20H,5-6,9-15H2,1-2H3/p+1/t17-,20+/m0/s1. The van der Waals surface area contributed by atoms with Crippen LogP contribution in [0.5, 0.6) is 0 Å². The van der Waals surface area contributed by atoms with Gasteiger partial charge in [0.25, 0.3) is 0 Å². The maximum Gasteiger partial charge on any atom is 0.209 e. The number of ether oxygens (including phenoxy) is 1. The summed E-state index contributed by atoms with van der Waals surface area (Å²) in [6, 6.07) is 7.29. The average molecular weight is 404 g/mol. The molecule has 29 heavy (non-hydrogen) atoms. The molecule has 7 nitrogen and oxygen atoms in total. The Morgan fingerprint density at radius 3 is 2.72 bits per heavy atom. The minimum Gasteiger partial charge on any atom is -0.376 e. The maximum absolute atomic E-state index is 14.2. The first kappa shape index (κ1) is 20.2. The lowest BCUT2D eigenvalue weighted by molar-refractivity contribution is -0.934. The van der Waals surface area contributed by atoms with Crippen LogP contribution in [-0.2, 0) is 11.3 Å². The molecule has 2 atom stereocenters. The quantitative estimate of drug-likeness (QED) is 0.759. The maximum atomic E-state index is 14.2. The zero-order valence-electron chi connectivity index (χ0n) is 17.4. The van der Waals surface area contributed by atoms with E-state index in [1.54, 1.807) is 6.07 Å². The number of anilines is 1. The molecule has 0 saturated carbocycles. The van der Waals surface area contributed by atoms with Crippen molar-refractivity contribution in [1.82, 2.24) is 20.2 Å². The number of tetrazole rings is 1. The van der Waals surface area contributed by atoms with Gasteiger partial charge in [-0.3, -0.25) is 0 Å². The number of hydrogen-bond donors (Lipinski definition) is 1. The van der Waals surface area contributed by atoms with Crippen molar-refractivity contribution in [3.8, 4) is 0 Å². The van der Waals surface area contributed by atoms with Crippen LogP contribution in [0.4, 0.5) is 10.1 Å². The first-order chi connectivity index (χ1) is 14.1. The third kappa shape index (κ3) is 4.75. The Hall–Kier alpha value is -2.06. The molecule has 3 heterocycles. The Kier molecular flexibility index (Phi) is 6.40. The zero-order chi connectivity index (χ0) is 20.2. The number of nitrogens with zero attached hydrogens (tertiary/aromatic N) is 5. The SMILES string of the molecule is CC(C)C[C@H](c1nnnn1C[C@@H]1CCCO1)[NH+]1CCN(c2ccccc2F)CC1. The molecule has 0 spiro atoms. The highest BCUT2D eigenvalue weighted by molar-refractivity contribution is 5.47. The fourth-order valence-electron chi connectivity index (χ4n) is 4.59. The number of nitrogens with one attached hydrogen (secondary N) is 1. The summed E-state index contributed by atoms with van der Waals surface area (Å²) in [5, 5.41) is 12.7. The summed E-state index contributed by atoms with van der Waals surface area (Å²) in [5.74, 6) is 1.36. The highest BCUT2D eigenvalue weighted by Crippen LogP contribution is 2.21. The molecule has 2 saturated heterocycles. The molecular formula is C21H32FN6O+. The molecule has 0 amide bonds. The van der Waals surface area contributed by atoms with Crippen LogP contribution in [0.1, 0.15) is 45.0 Å². The normalized spacial score (nSPS) is 21.8. The van der Waals surface area contributed by atoms with E-state index in [-0.39, 0.29) is 18.0 Å². The molecule has 2 aliphatic heterocycles. The van der Waals surface area contributed by atoms with Gasteiger partial charge in [-0.25, -0.2) is 9.07 Å². The Morgan fingerprint density at radius 2 is 2.03 bits per heavy atom. The second kappa shape index (κ2) is 9.17. The number of benzene rings is 1. The summed E-state index contributed by atoms with van der Waals surface area (Å²) < 4.78 is 21.9. The van der Waals surface area contributed by atoms with Gasteiger partial charge in [0, 0.05) is 13.0 Å². The summed E-state index contributed by atoms with van der Waals surface area (Å²) in [6.07, 6.45) is 3.43. The summed E-state index contributed by atoms with van der Waals surface area (Å²) in [5.41, 5.74) is 0.704. The molecule has 0 aliphatic carbocycles. The van der Waals surface area contributed by atoms with Crippen molar-refractivity contribution < 1.29 is 14.0 Å². The molecule has 2 fully saturated rings. The van der Waals surface area contributed by atoms with Crippen molar-refractivity contribution in [1.29, 1.82) is 0 Å². The molecule has 158 valence electrons. The van der Waals surface area contributed by atoms with Crippen molar-refractivity contribution in [2.45, 2.75) is 51.8 Å². The lowest BCUT2D eigenvalue weighted by atomic mass is 10.0. The van der Waals surface area contributed by atoms with Crippen molar-refractivity contribution >= 4 is 5.69 Å². The van der Waals surface area contributed by atoms with Crippen LogP contribution in [0.3, 0.4) is 0 Å². The third-order valence-corrected chi connectivity index (χ3v) is 6.07. The van der Waals surface area contributed by atoms with Crippen LogP contribution >= 0.6 is 0 Å².